The van der Waals surface area contributed by atoms with Crippen LogP contribution in [-0.4, -0.2) is 52.8 Å². The fourth-order valence-corrected chi connectivity index (χ4v) is 2.91. The molecule has 1 fully saturated rings. The van der Waals surface area contributed by atoms with E-state index in [1.807, 2.05) is 50.5 Å². The monoisotopic (exact) mass is 305 g/mol. The SMILES string of the molecule is Cc1cc(C(=O)N2CCCN(C(=O)C(C)(C)C)CC2)c(C)[nH]1. The summed E-state index contributed by atoms with van der Waals surface area (Å²) >= 11 is 0. The molecule has 5 nitrogen and oxygen atoms in total. The minimum Gasteiger partial charge on any atom is -0.362 e. The molecule has 1 aliphatic heterocycles. The van der Waals surface area contributed by atoms with E-state index in [2.05, 4.69) is 4.98 Å². The molecule has 2 rings (SSSR count). The fraction of sp³-hybridized carbons (Fsp3) is 0.647. The molecular weight excluding hydrogens is 278 g/mol. The van der Waals surface area contributed by atoms with Crippen LogP contribution in [0.25, 0.3) is 0 Å². The molecule has 0 aliphatic carbocycles. The van der Waals surface area contributed by atoms with E-state index in [9.17, 15) is 9.59 Å². The van der Waals surface area contributed by atoms with Crippen LogP contribution >= 0.6 is 0 Å². The van der Waals surface area contributed by atoms with E-state index in [0.717, 1.165) is 29.9 Å². The van der Waals surface area contributed by atoms with E-state index in [4.69, 9.17) is 0 Å². The number of hydrogen-bond acceptors (Lipinski definition) is 2. The number of nitrogens with zero attached hydrogens (tertiary/aromatic N) is 2. The third kappa shape index (κ3) is 3.51. The van der Waals surface area contributed by atoms with Crippen molar-refractivity contribution in [3.05, 3.63) is 23.0 Å². The number of rotatable bonds is 1. The molecule has 1 saturated heterocycles. The van der Waals surface area contributed by atoms with Crippen molar-refractivity contribution >= 4 is 11.8 Å². The van der Waals surface area contributed by atoms with Crippen LogP contribution in [0.5, 0.6) is 0 Å². The zero-order valence-electron chi connectivity index (χ0n) is 14.3. The molecule has 0 bridgehead atoms. The van der Waals surface area contributed by atoms with E-state index in [1.165, 1.54) is 0 Å². The molecule has 0 spiro atoms. The molecule has 1 aromatic rings. The normalized spacial score (nSPS) is 16.6. The first-order valence-corrected chi connectivity index (χ1v) is 7.95. The Morgan fingerprint density at radius 1 is 1.05 bits per heavy atom. The van der Waals surface area contributed by atoms with Crippen LogP contribution in [0, 0.1) is 19.3 Å². The van der Waals surface area contributed by atoms with Gasteiger partial charge in [-0.05, 0) is 26.3 Å². The van der Waals surface area contributed by atoms with Gasteiger partial charge in [0, 0.05) is 43.0 Å². The molecule has 0 saturated carbocycles. The minimum absolute atomic E-state index is 0.0620. The van der Waals surface area contributed by atoms with Gasteiger partial charge in [0.1, 0.15) is 0 Å². The second kappa shape index (κ2) is 6.15. The Morgan fingerprint density at radius 2 is 1.64 bits per heavy atom. The molecule has 122 valence electrons. The number of carbonyl (C=O) groups is 2. The largest absolute Gasteiger partial charge is 0.362 e. The number of hydrogen-bond donors (Lipinski definition) is 1. The molecule has 22 heavy (non-hydrogen) atoms. The van der Waals surface area contributed by atoms with E-state index in [0.29, 0.717) is 19.6 Å². The number of amides is 2. The van der Waals surface area contributed by atoms with Crippen molar-refractivity contribution in [2.45, 2.75) is 41.0 Å². The Balaban J connectivity index is 2.06. The molecule has 2 heterocycles. The first kappa shape index (κ1) is 16.6. The third-order valence-corrected chi connectivity index (χ3v) is 4.09. The average Bonchev–Trinajstić information content (AvgIpc) is 2.64. The Bertz CT molecular complexity index is 569. The number of nitrogens with one attached hydrogen (secondary N) is 1. The van der Waals surface area contributed by atoms with Crippen molar-refractivity contribution in [3.8, 4) is 0 Å². The number of aromatic nitrogens is 1. The Hall–Kier alpha value is -1.78. The van der Waals surface area contributed by atoms with Crippen molar-refractivity contribution < 1.29 is 9.59 Å². The summed E-state index contributed by atoms with van der Waals surface area (Å²) in [6, 6.07) is 1.90. The maximum absolute atomic E-state index is 12.7. The standard InChI is InChI=1S/C17H27N3O2/c1-12-11-14(13(2)18-12)15(21)19-7-6-8-20(10-9-19)16(22)17(3,4)5/h11,18H,6-10H2,1-5H3. The molecular formula is C17H27N3O2. The molecule has 5 heteroatoms. The predicted molar refractivity (Wildman–Crippen MR) is 86.8 cm³/mol. The number of aryl methyl sites for hydroxylation is 2. The summed E-state index contributed by atoms with van der Waals surface area (Å²) in [4.78, 5) is 32.0. The van der Waals surface area contributed by atoms with E-state index >= 15 is 0 Å². The van der Waals surface area contributed by atoms with Crippen LogP contribution < -0.4 is 0 Å². The summed E-state index contributed by atoms with van der Waals surface area (Å²) in [7, 11) is 0. The molecule has 0 atom stereocenters. The van der Waals surface area contributed by atoms with Crippen LogP contribution in [-0.2, 0) is 4.79 Å². The van der Waals surface area contributed by atoms with Crippen LogP contribution in [0.2, 0.25) is 0 Å². The number of aromatic amines is 1. The highest BCUT2D eigenvalue weighted by atomic mass is 16.2. The quantitative estimate of drug-likeness (QED) is 0.866. The van der Waals surface area contributed by atoms with Crippen LogP contribution in [0.4, 0.5) is 0 Å². The van der Waals surface area contributed by atoms with E-state index < -0.39 is 0 Å². The summed E-state index contributed by atoms with van der Waals surface area (Å²) < 4.78 is 0. The van der Waals surface area contributed by atoms with Gasteiger partial charge in [0.05, 0.1) is 5.56 Å². The third-order valence-electron chi connectivity index (χ3n) is 4.09. The molecule has 0 aromatic carbocycles. The predicted octanol–water partition coefficient (Wildman–Crippen LogP) is 2.35. The van der Waals surface area contributed by atoms with Crippen molar-refractivity contribution in [3.63, 3.8) is 0 Å². The second-order valence-electron chi connectivity index (χ2n) is 7.18. The number of carbonyl (C=O) groups excluding carboxylic acids is 2. The summed E-state index contributed by atoms with van der Waals surface area (Å²) in [5.41, 5.74) is 2.29. The number of H-pyrrole nitrogens is 1. The average molecular weight is 305 g/mol. The molecule has 1 aromatic heterocycles. The van der Waals surface area contributed by atoms with Crippen LogP contribution in [0.15, 0.2) is 6.07 Å². The topological polar surface area (TPSA) is 56.4 Å². The van der Waals surface area contributed by atoms with Crippen molar-refractivity contribution in [2.24, 2.45) is 5.41 Å². The van der Waals surface area contributed by atoms with Gasteiger partial charge in [-0.25, -0.2) is 0 Å². The zero-order chi connectivity index (χ0) is 16.5. The molecule has 2 amide bonds. The van der Waals surface area contributed by atoms with Gasteiger partial charge in [-0.15, -0.1) is 0 Å². The highest BCUT2D eigenvalue weighted by Gasteiger charge is 2.30. The maximum atomic E-state index is 12.7. The van der Waals surface area contributed by atoms with Gasteiger partial charge in [-0.1, -0.05) is 20.8 Å². The lowest BCUT2D eigenvalue weighted by molar-refractivity contribution is -0.139. The van der Waals surface area contributed by atoms with E-state index in [1.54, 1.807) is 0 Å². The Kier molecular flexibility index (Phi) is 4.63. The van der Waals surface area contributed by atoms with Gasteiger partial charge < -0.3 is 14.8 Å². The van der Waals surface area contributed by atoms with Gasteiger partial charge in [-0.2, -0.15) is 0 Å². The zero-order valence-corrected chi connectivity index (χ0v) is 14.3. The van der Waals surface area contributed by atoms with Gasteiger partial charge in [0.15, 0.2) is 0 Å². The summed E-state index contributed by atoms with van der Waals surface area (Å²) in [5.74, 6) is 0.224. The second-order valence-corrected chi connectivity index (χ2v) is 7.18. The van der Waals surface area contributed by atoms with Gasteiger partial charge in [-0.3, -0.25) is 9.59 Å². The summed E-state index contributed by atoms with van der Waals surface area (Å²) in [5, 5.41) is 0. The fourth-order valence-electron chi connectivity index (χ4n) is 2.91. The molecule has 1 N–H and O–H groups in total. The lowest BCUT2D eigenvalue weighted by Gasteiger charge is -2.28. The van der Waals surface area contributed by atoms with Crippen molar-refractivity contribution in [1.82, 2.24) is 14.8 Å². The Morgan fingerprint density at radius 3 is 2.18 bits per heavy atom. The lowest BCUT2D eigenvalue weighted by atomic mass is 9.94. The summed E-state index contributed by atoms with van der Waals surface area (Å²) in [6.45, 7) is 12.3. The van der Waals surface area contributed by atoms with Gasteiger partial charge >= 0.3 is 0 Å². The van der Waals surface area contributed by atoms with Crippen LogP contribution in [0.1, 0.15) is 48.9 Å². The first-order valence-electron chi connectivity index (χ1n) is 7.95. The minimum atomic E-state index is -0.368. The summed E-state index contributed by atoms with van der Waals surface area (Å²) in [6.07, 6.45) is 0.829. The molecule has 0 unspecified atom stereocenters. The maximum Gasteiger partial charge on any atom is 0.255 e. The van der Waals surface area contributed by atoms with E-state index in [-0.39, 0.29) is 17.2 Å². The van der Waals surface area contributed by atoms with Crippen molar-refractivity contribution in [1.29, 1.82) is 0 Å². The lowest BCUT2D eigenvalue weighted by Crippen LogP contribution is -2.42. The smallest absolute Gasteiger partial charge is 0.255 e. The van der Waals surface area contributed by atoms with Crippen molar-refractivity contribution in [2.75, 3.05) is 26.2 Å². The van der Waals surface area contributed by atoms with Crippen LogP contribution in [0.3, 0.4) is 0 Å². The first-order chi connectivity index (χ1) is 10.2. The van der Waals surface area contributed by atoms with Gasteiger partial charge in [0.25, 0.3) is 5.91 Å². The van der Waals surface area contributed by atoms with Gasteiger partial charge in [0.2, 0.25) is 5.91 Å². The molecule has 1 aliphatic rings. The Labute approximate surface area is 132 Å². The molecule has 0 radical (unpaired) electrons. The highest BCUT2D eigenvalue weighted by Crippen LogP contribution is 2.20. The highest BCUT2D eigenvalue weighted by molar-refractivity contribution is 5.95.